The quantitative estimate of drug-likeness (QED) is 0.133. The zero-order chi connectivity index (χ0) is 34.5. The monoisotopic (exact) mass is 692 g/mol. The van der Waals surface area contributed by atoms with E-state index in [1.54, 1.807) is 31.5 Å². The van der Waals surface area contributed by atoms with Crippen LogP contribution in [0, 0.1) is 18.3 Å². The number of halogens is 2. The van der Waals surface area contributed by atoms with Crippen LogP contribution in [-0.4, -0.2) is 21.9 Å². The number of fused-ring (bicyclic) bond motifs is 1. The molecule has 11 heteroatoms. The molecule has 0 bridgehead atoms. The number of pyridine rings is 1. The van der Waals surface area contributed by atoms with Gasteiger partial charge in [0.25, 0.3) is 0 Å². The third kappa shape index (κ3) is 7.19. The van der Waals surface area contributed by atoms with Gasteiger partial charge in [-0.25, -0.2) is 0 Å². The lowest BCUT2D eigenvalue weighted by Gasteiger charge is -2.16. The van der Waals surface area contributed by atoms with Crippen LogP contribution in [0.3, 0.4) is 0 Å². The van der Waals surface area contributed by atoms with Gasteiger partial charge in [0.2, 0.25) is 0 Å². The van der Waals surface area contributed by atoms with Gasteiger partial charge in [-0.2, -0.15) is 10.4 Å². The van der Waals surface area contributed by atoms with Crippen molar-refractivity contribution in [2.45, 2.75) is 39.8 Å². The lowest BCUT2D eigenvalue weighted by atomic mass is 9.94. The normalized spacial score (nSPS) is 11.0. The Labute approximate surface area is 294 Å². The molecule has 0 aliphatic rings. The number of nitriles is 1. The van der Waals surface area contributed by atoms with Crippen molar-refractivity contribution >= 4 is 34.1 Å². The molecule has 0 fully saturated rings. The van der Waals surface area contributed by atoms with Crippen molar-refractivity contribution in [3.05, 3.63) is 134 Å². The maximum Gasteiger partial charge on any atom is 0.142 e. The van der Waals surface area contributed by atoms with E-state index in [0.717, 1.165) is 55.4 Å². The number of ether oxygens (including phenoxy) is 3. The summed E-state index contributed by atoms with van der Waals surface area (Å²) in [5.41, 5.74) is 20.7. The highest BCUT2D eigenvalue weighted by molar-refractivity contribution is 6.32. The second kappa shape index (κ2) is 15.0. The van der Waals surface area contributed by atoms with Gasteiger partial charge in [-0.3, -0.25) is 9.67 Å². The molecule has 0 unspecified atom stereocenters. The van der Waals surface area contributed by atoms with Crippen molar-refractivity contribution < 1.29 is 14.2 Å². The molecule has 2 heterocycles. The van der Waals surface area contributed by atoms with Gasteiger partial charge in [-0.15, -0.1) is 0 Å². The Balaban J connectivity index is 1.26. The van der Waals surface area contributed by atoms with Crippen LogP contribution < -0.4 is 25.7 Å². The summed E-state index contributed by atoms with van der Waals surface area (Å²) in [6.07, 6.45) is 5.07. The zero-order valence-corrected chi connectivity index (χ0v) is 28.6. The maximum atomic E-state index is 9.21. The molecule has 0 aliphatic heterocycles. The van der Waals surface area contributed by atoms with Crippen molar-refractivity contribution in [1.82, 2.24) is 14.8 Å². The molecule has 0 spiro atoms. The first-order valence-corrected chi connectivity index (χ1v) is 16.3. The molecular weight excluding hydrogens is 659 g/mol. The van der Waals surface area contributed by atoms with Crippen LogP contribution in [0.1, 0.15) is 38.9 Å². The Bertz CT molecular complexity index is 2190. The first kappa shape index (κ1) is 33.8. The van der Waals surface area contributed by atoms with Crippen LogP contribution in [0.5, 0.6) is 17.2 Å². The van der Waals surface area contributed by atoms with Crippen LogP contribution >= 0.6 is 23.2 Å². The highest BCUT2D eigenvalue weighted by atomic mass is 35.5. The van der Waals surface area contributed by atoms with E-state index in [1.165, 1.54) is 6.20 Å². The van der Waals surface area contributed by atoms with Gasteiger partial charge in [0.1, 0.15) is 36.5 Å². The summed E-state index contributed by atoms with van der Waals surface area (Å²) in [6.45, 7) is 3.62. The summed E-state index contributed by atoms with van der Waals surface area (Å²) in [4.78, 5) is 4.12. The molecule has 248 valence electrons. The van der Waals surface area contributed by atoms with Crippen LogP contribution in [0.4, 0.5) is 0 Å². The zero-order valence-electron chi connectivity index (χ0n) is 27.0. The predicted molar refractivity (Wildman–Crippen MR) is 192 cm³/mol. The van der Waals surface area contributed by atoms with Crippen molar-refractivity contribution in [3.63, 3.8) is 0 Å². The number of hydrogen-bond donors (Lipinski definition) is 2. The number of rotatable bonds is 12. The molecule has 4 aromatic carbocycles. The third-order valence-corrected chi connectivity index (χ3v) is 9.10. The van der Waals surface area contributed by atoms with Crippen molar-refractivity contribution in [2.24, 2.45) is 11.5 Å². The van der Waals surface area contributed by atoms with Gasteiger partial charge in [-0.05, 0) is 65.1 Å². The molecule has 0 saturated carbocycles. The van der Waals surface area contributed by atoms with E-state index < -0.39 is 0 Å². The number of benzene rings is 4. The number of hydrogen-bond acceptors (Lipinski definition) is 8. The Morgan fingerprint density at radius 1 is 0.776 bits per heavy atom. The van der Waals surface area contributed by atoms with Gasteiger partial charge in [-0.1, -0.05) is 53.5 Å². The van der Waals surface area contributed by atoms with Gasteiger partial charge in [0.15, 0.2) is 0 Å². The summed E-state index contributed by atoms with van der Waals surface area (Å²) in [5, 5.41) is 16.0. The number of aromatic nitrogens is 3. The molecule has 0 saturated heterocycles. The molecule has 6 rings (SSSR count). The van der Waals surface area contributed by atoms with Gasteiger partial charge in [0.05, 0.1) is 36.0 Å². The van der Waals surface area contributed by atoms with Crippen molar-refractivity contribution in [1.29, 1.82) is 5.26 Å². The lowest BCUT2D eigenvalue weighted by Crippen LogP contribution is -2.07. The summed E-state index contributed by atoms with van der Waals surface area (Å²) < 4.78 is 19.7. The molecule has 0 atom stereocenters. The Morgan fingerprint density at radius 2 is 1.51 bits per heavy atom. The fourth-order valence-corrected chi connectivity index (χ4v) is 6.28. The third-order valence-electron chi connectivity index (χ3n) is 8.45. The molecular formula is C38H34Cl2N6O3. The average molecular weight is 694 g/mol. The highest BCUT2D eigenvalue weighted by Gasteiger charge is 2.16. The fraction of sp³-hybridized carbons (Fsp3) is 0.184. The maximum absolute atomic E-state index is 9.21. The van der Waals surface area contributed by atoms with Crippen molar-refractivity contribution in [2.75, 3.05) is 7.11 Å². The molecule has 9 nitrogen and oxygen atoms in total. The van der Waals surface area contributed by atoms with E-state index in [2.05, 4.69) is 30.1 Å². The molecule has 4 N–H and O–H groups in total. The number of nitrogens with zero attached hydrogens (tertiary/aromatic N) is 4. The van der Waals surface area contributed by atoms with E-state index in [0.29, 0.717) is 52.6 Å². The van der Waals surface area contributed by atoms with Crippen LogP contribution in [0.2, 0.25) is 10.0 Å². The molecule has 0 amide bonds. The standard InChI is InChI=1S/C38H34Cl2N6O3/c1-23-26(22-49-38-13-36(47-2)27(15-42)11-34(38)40)5-3-6-30(23)31-7-4-8-35-32(31)19-45-46(35)20-29-12-37(28(16-43)10-33(29)39)48-21-25-9-24(14-41)17-44-18-25/h3-13,17-19H,15-16,20-22,42-43H2,1-2H3. The second-order valence-corrected chi connectivity index (χ2v) is 12.3. The first-order chi connectivity index (χ1) is 23.8. The SMILES string of the molecule is COc1cc(OCc2cccc(-c3cccc4c3cnn4Cc3cc(OCc4cncc(C#N)c4)c(CN)cc3Cl)c2C)c(Cl)cc1CN. The van der Waals surface area contributed by atoms with Crippen LogP contribution in [0.25, 0.3) is 22.0 Å². The topological polar surface area (TPSA) is 134 Å². The average Bonchev–Trinajstić information content (AvgIpc) is 3.54. The minimum absolute atomic E-state index is 0.232. The smallest absolute Gasteiger partial charge is 0.142 e. The molecule has 0 radical (unpaired) electrons. The highest BCUT2D eigenvalue weighted by Crippen LogP contribution is 2.36. The van der Waals surface area contributed by atoms with Gasteiger partial charge in [0, 0.05) is 58.6 Å². The van der Waals surface area contributed by atoms with E-state index in [4.69, 9.17) is 54.0 Å². The Hall–Kier alpha value is -5.11. The minimum atomic E-state index is 0.232. The molecule has 6 aromatic rings. The van der Waals surface area contributed by atoms with Crippen molar-refractivity contribution in [3.8, 4) is 34.4 Å². The molecule has 49 heavy (non-hydrogen) atoms. The number of methoxy groups -OCH3 is 1. The number of nitrogens with two attached hydrogens (primary N) is 2. The Kier molecular flexibility index (Phi) is 10.3. The lowest BCUT2D eigenvalue weighted by molar-refractivity contribution is 0.302. The van der Waals surface area contributed by atoms with Gasteiger partial charge >= 0.3 is 0 Å². The molecule has 2 aromatic heterocycles. The van der Waals surface area contributed by atoms with E-state index in [9.17, 15) is 5.26 Å². The summed E-state index contributed by atoms with van der Waals surface area (Å²) in [5.74, 6) is 1.78. The predicted octanol–water partition coefficient (Wildman–Crippen LogP) is 7.72. The van der Waals surface area contributed by atoms with E-state index in [1.807, 2.05) is 47.3 Å². The van der Waals surface area contributed by atoms with E-state index in [-0.39, 0.29) is 13.2 Å². The Morgan fingerprint density at radius 3 is 2.29 bits per heavy atom. The molecule has 0 aliphatic carbocycles. The second-order valence-electron chi connectivity index (χ2n) is 11.5. The van der Waals surface area contributed by atoms with E-state index >= 15 is 0 Å². The first-order valence-electron chi connectivity index (χ1n) is 15.5. The fourth-order valence-electron chi connectivity index (χ4n) is 5.79. The van der Waals surface area contributed by atoms with Gasteiger partial charge < -0.3 is 25.7 Å². The van der Waals surface area contributed by atoms with Crippen LogP contribution in [0.15, 0.2) is 85.3 Å². The summed E-state index contributed by atoms with van der Waals surface area (Å²) >= 11 is 13.3. The largest absolute Gasteiger partial charge is 0.496 e. The summed E-state index contributed by atoms with van der Waals surface area (Å²) in [6, 6.07) is 23.5. The minimum Gasteiger partial charge on any atom is -0.496 e. The summed E-state index contributed by atoms with van der Waals surface area (Å²) in [7, 11) is 1.60. The van der Waals surface area contributed by atoms with Crippen LogP contribution in [-0.2, 0) is 32.8 Å².